The third-order valence-corrected chi connectivity index (χ3v) is 5.58. The highest BCUT2D eigenvalue weighted by molar-refractivity contribution is 8.00. The molecule has 0 amide bonds. The summed E-state index contributed by atoms with van der Waals surface area (Å²) in [5.41, 5.74) is 2.93. The van der Waals surface area contributed by atoms with Crippen molar-refractivity contribution in [3.8, 4) is 0 Å². The molecule has 0 atom stereocenters. The molecule has 0 aromatic heterocycles. The molecule has 0 N–H and O–H groups in total. The van der Waals surface area contributed by atoms with Crippen LogP contribution in [0.15, 0.2) is 60.2 Å². The van der Waals surface area contributed by atoms with Crippen LogP contribution in [0.1, 0.15) is 21.5 Å². The highest BCUT2D eigenvalue weighted by atomic mass is 32.2. The number of carbonyl (C=O) groups excluding carboxylic acids is 1. The molecular weight excluding hydrogens is 350 g/mol. The molecular formula is C20H21NO4S. The van der Waals surface area contributed by atoms with E-state index in [-0.39, 0.29) is 0 Å². The summed E-state index contributed by atoms with van der Waals surface area (Å²) in [6.07, 6.45) is 1.21. The standard InChI is InChI=1S/C20H21NO4S/c1-25-20(22)17-10-6-9-16(11-17)19(26(2,23)24)18-13-21(14-18)12-15-7-4-3-5-8-15/h3-11H,12-14H2,1-2H3. The summed E-state index contributed by atoms with van der Waals surface area (Å²) in [5, 5.41) is 0. The van der Waals surface area contributed by atoms with Gasteiger partial charge in [0.25, 0.3) is 0 Å². The van der Waals surface area contributed by atoms with Gasteiger partial charge >= 0.3 is 5.97 Å². The summed E-state index contributed by atoms with van der Waals surface area (Å²) in [5.74, 6) is -0.482. The molecule has 0 aliphatic carbocycles. The first-order chi connectivity index (χ1) is 12.4. The zero-order chi connectivity index (χ0) is 18.7. The van der Waals surface area contributed by atoms with Gasteiger partial charge in [-0.3, -0.25) is 4.90 Å². The maximum atomic E-state index is 12.4. The number of sulfone groups is 1. The molecule has 2 aromatic carbocycles. The largest absolute Gasteiger partial charge is 0.465 e. The van der Waals surface area contributed by atoms with E-state index in [0.29, 0.717) is 29.1 Å². The zero-order valence-corrected chi connectivity index (χ0v) is 15.6. The number of ether oxygens (including phenoxy) is 1. The second-order valence-corrected chi connectivity index (χ2v) is 8.36. The van der Waals surface area contributed by atoms with Crippen molar-refractivity contribution in [2.45, 2.75) is 6.54 Å². The molecule has 1 aliphatic rings. The van der Waals surface area contributed by atoms with Gasteiger partial charge in [-0.2, -0.15) is 0 Å². The molecule has 0 radical (unpaired) electrons. The fraction of sp³-hybridized carbons (Fsp3) is 0.250. The van der Waals surface area contributed by atoms with Gasteiger partial charge in [-0.25, -0.2) is 13.2 Å². The summed E-state index contributed by atoms with van der Waals surface area (Å²) in [4.78, 5) is 14.2. The quantitative estimate of drug-likeness (QED) is 0.756. The molecule has 5 nitrogen and oxygen atoms in total. The maximum Gasteiger partial charge on any atom is 0.337 e. The smallest absolute Gasteiger partial charge is 0.337 e. The van der Waals surface area contributed by atoms with Gasteiger partial charge in [0.15, 0.2) is 9.84 Å². The number of benzene rings is 2. The van der Waals surface area contributed by atoms with Crippen LogP contribution in [-0.2, 0) is 21.1 Å². The van der Waals surface area contributed by atoms with Crippen LogP contribution in [0.3, 0.4) is 0 Å². The monoisotopic (exact) mass is 371 g/mol. The van der Waals surface area contributed by atoms with Crippen molar-refractivity contribution >= 4 is 20.7 Å². The maximum absolute atomic E-state index is 12.4. The molecule has 0 bridgehead atoms. The minimum atomic E-state index is -3.42. The highest BCUT2D eigenvalue weighted by Gasteiger charge is 2.29. The Balaban J connectivity index is 1.87. The predicted molar refractivity (Wildman–Crippen MR) is 101 cm³/mol. The number of likely N-dealkylation sites (tertiary alicyclic amines) is 1. The lowest BCUT2D eigenvalue weighted by Gasteiger charge is -2.35. The Morgan fingerprint density at radius 1 is 1.04 bits per heavy atom. The first kappa shape index (κ1) is 18.4. The number of nitrogens with zero attached hydrogens (tertiary/aromatic N) is 1. The third-order valence-electron chi connectivity index (χ3n) is 4.32. The molecule has 1 saturated heterocycles. The van der Waals surface area contributed by atoms with Crippen molar-refractivity contribution in [1.82, 2.24) is 4.90 Å². The van der Waals surface area contributed by atoms with E-state index in [0.717, 1.165) is 12.1 Å². The first-order valence-electron chi connectivity index (χ1n) is 8.25. The van der Waals surface area contributed by atoms with E-state index in [1.165, 1.54) is 18.9 Å². The molecule has 6 heteroatoms. The van der Waals surface area contributed by atoms with Gasteiger partial charge in [-0.15, -0.1) is 0 Å². The number of hydrogen-bond donors (Lipinski definition) is 0. The van der Waals surface area contributed by atoms with Crippen molar-refractivity contribution in [2.75, 3.05) is 26.5 Å². The van der Waals surface area contributed by atoms with Gasteiger partial charge in [0.05, 0.1) is 17.6 Å². The predicted octanol–water partition coefficient (Wildman–Crippen LogP) is 2.74. The molecule has 2 aromatic rings. The lowest BCUT2D eigenvalue weighted by atomic mass is 10.0. The molecule has 0 spiro atoms. The van der Waals surface area contributed by atoms with Crippen molar-refractivity contribution in [1.29, 1.82) is 0 Å². The number of hydrogen-bond acceptors (Lipinski definition) is 5. The van der Waals surface area contributed by atoms with Gasteiger partial charge in [0, 0.05) is 25.9 Å². The van der Waals surface area contributed by atoms with Crippen LogP contribution in [0.25, 0.3) is 4.91 Å². The van der Waals surface area contributed by atoms with E-state index in [2.05, 4.69) is 17.0 Å². The van der Waals surface area contributed by atoms with Crippen molar-refractivity contribution in [3.63, 3.8) is 0 Å². The molecule has 26 heavy (non-hydrogen) atoms. The molecule has 136 valence electrons. The summed E-state index contributed by atoms with van der Waals surface area (Å²) in [6, 6.07) is 16.7. The second-order valence-electron chi connectivity index (χ2n) is 6.41. The fourth-order valence-electron chi connectivity index (χ4n) is 3.18. The van der Waals surface area contributed by atoms with Crippen LogP contribution in [0.2, 0.25) is 0 Å². The highest BCUT2D eigenvalue weighted by Crippen LogP contribution is 2.31. The van der Waals surface area contributed by atoms with E-state index < -0.39 is 15.8 Å². The van der Waals surface area contributed by atoms with Crippen molar-refractivity contribution in [2.24, 2.45) is 0 Å². The van der Waals surface area contributed by atoms with Gasteiger partial charge < -0.3 is 4.74 Å². The SMILES string of the molecule is COC(=O)c1cccc(C(=C2CN(Cc3ccccc3)C2)S(C)(=O)=O)c1. The average Bonchev–Trinajstić information content (AvgIpc) is 2.59. The summed E-state index contributed by atoms with van der Waals surface area (Å²) < 4.78 is 29.5. The van der Waals surface area contributed by atoms with Gasteiger partial charge in [0.2, 0.25) is 0 Å². The molecule has 1 heterocycles. The molecule has 0 saturated carbocycles. The van der Waals surface area contributed by atoms with Crippen LogP contribution in [0.4, 0.5) is 0 Å². The Labute approximate surface area is 153 Å². The first-order valence-corrected chi connectivity index (χ1v) is 10.1. The summed E-state index contributed by atoms with van der Waals surface area (Å²) >= 11 is 0. The van der Waals surface area contributed by atoms with Crippen LogP contribution in [0.5, 0.6) is 0 Å². The van der Waals surface area contributed by atoms with Crippen LogP contribution in [0, 0.1) is 0 Å². The lowest BCUT2D eigenvalue weighted by Crippen LogP contribution is -2.40. The third kappa shape index (κ3) is 4.03. The molecule has 3 rings (SSSR count). The van der Waals surface area contributed by atoms with Crippen molar-refractivity contribution < 1.29 is 17.9 Å². The number of rotatable bonds is 5. The van der Waals surface area contributed by atoms with Crippen LogP contribution >= 0.6 is 0 Å². The van der Waals surface area contributed by atoms with E-state index in [4.69, 9.17) is 4.74 Å². The molecule has 1 fully saturated rings. The Bertz CT molecular complexity index is 941. The van der Waals surface area contributed by atoms with Gasteiger partial charge in [-0.1, -0.05) is 42.5 Å². The number of methoxy groups -OCH3 is 1. The van der Waals surface area contributed by atoms with Crippen LogP contribution < -0.4 is 0 Å². The Morgan fingerprint density at radius 2 is 1.69 bits per heavy atom. The minimum absolute atomic E-state index is 0.313. The Morgan fingerprint density at radius 3 is 2.31 bits per heavy atom. The van der Waals surface area contributed by atoms with Crippen LogP contribution in [-0.4, -0.2) is 45.7 Å². The average molecular weight is 371 g/mol. The Kier molecular flexibility index (Phi) is 5.25. The Hall–Kier alpha value is -2.44. The minimum Gasteiger partial charge on any atom is -0.465 e. The normalized spacial score (nSPS) is 14.6. The summed E-state index contributed by atoms with van der Waals surface area (Å²) in [6.45, 7) is 1.98. The fourth-order valence-corrected chi connectivity index (χ4v) is 4.38. The van der Waals surface area contributed by atoms with Gasteiger partial charge in [0.1, 0.15) is 0 Å². The lowest BCUT2D eigenvalue weighted by molar-refractivity contribution is 0.0600. The van der Waals surface area contributed by atoms with E-state index in [1.54, 1.807) is 24.3 Å². The topological polar surface area (TPSA) is 63.7 Å². The van der Waals surface area contributed by atoms with E-state index >= 15 is 0 Å². The second kappa shape index (κ2) is 7.43. The van der Waals surface area contributed by atoms with E-state index in [1.807, 2.05) is 18.2 Å². The molecule has 0 unspecified atom stereocenters. The van der Waals surface area contributed by atoms with E-state index in [9.17, 15) is 13.2 Å². The van der Waals surface area contributed by atoms with Gasteiger partial charge in [-0.05, 0) is 28.8 Å². The summed E-state index contributed by atoms with van der Waals surface area (Å²) in [7, 11) is -2.12. The number of carbonyl (C=O) groups is 1. The molecule has 1 aliphatic heterocycles. The number of esters is 1. The zero-order valence-electron chi connectivity index (χ0n) is 14.8. The van der Waals surface area contributed by atoms with Crippen molar-refractivity contribution in [3.05, 3.63) is 76.9 Å².